The summed E-state index contributed by atoms with van der Waals surface area (Å²) >= 11 is 1.57. The van der Waals surface area contributed by atoms with E-state index in [-0.39, 0.29) is 5.82 Å². The first-order chi connectivity index (χ1) is 12.1. The van der Waals surface area contributed by atoms with Crippen molar-refractivity contribution < 1.29 is 13.9 Å². The van der Waals surface area contributed by atoms with Gasteiger partial charge in [-0.2, -0.15) is 5.10 Å². The molecular weight excluding hydrogens is 341 g/mol. The van der Waals surface area contributed by atoms with Gasteiger partial charge in [0, 0.05) is 29.4 Å². The first-order valence-electron chi connectivity index (χ1n) is 7.92. The minimum absolute atomic E-state index is 0.269. The molecule has 0 fully saturated rings. The van der Waals surface area contributed by atoms with Gasteiger partial charge in [-0.25, -0.2) is 14.1 Å². The van der Waals surface area contributed by atoms with E-state index in [1.807, 2.05) is 19.2 Å². The summed E-state index contributed by atoms with van der Waals surface area (Å²) in [6.45, 7) is 5.31. The fourth-order valence-corrected chi connectivity index (χ4v) is 3.39. The molecule has 0 bridgehead atoms. The summed E-state index contributed by atoms with van der Waals surface area (Å²) in [5, 5.41) is 7.60. The van der Waals surface area contributed by atoms with Gasteiger partial charge in [-0.3, -0.25) is 0 Å². The van der Waals surface area contributed by atoms with Gasteiger partial charge >= 0.3 is 0 Å². The Balaban J connectivity index is 2.00. The number of hydrogen-bond donors (Lipinski definition) is 0. The number of ether oxygens (including phenoxy) is 2. The molecule has 7 heteroatoms. The van der Waals surface area contributed by atoms with Crippen LogP contribution in [-0.4, -0.2) is 35.1 Å². The molecule has 0 aliphatic rings. The lowest BCUT2D eigenvalue weighted by atomic mass is 10.1. The fourth-order valence-electron chi connectivity index (χ4n) is 2.50. The second-order valence-corrected chi connectivity index (χ2v) is 6.50. The Kier molecular flexibility index (Phi) is 5.57. The van der Waals surface area contributed by atoms with E-state index in [0.29, 0.717) is 19.9 Å². The molecule has 0 saturated carbocycles. The molecule has 25 heavy (non-hydrogen) atoms. The smallest absolute Gasteiger partial charge is 0.139 e. The van der Waals surface area contributed by atoms with Crippen molar-refractivity contribution in [2.24, 2.45) is 0 Å². The normalized spacial score (nSPS) is 11.2. The Labute approximate surface area is 150 Å². The number of benzene rings is 1. The largest absolute Gasteiger partial charge is 0.382 e. The Morgan fingerprint density at radius 1 is 1.16 bits per heavy atom. The van der Waals surface area contributed by atoms with Gasteiger partial charge in [0.15, 0.2) is 0 Å². The van der Waals surface area contributed by atoms with Crippen molar-refractivity contribution in [2.45, 2.75) is 20.6 Å². The number of rotatable bonds is 7. The predicted molar refractivity (Wildman–Crippen MR) is 96.0 cm³/mol. The molecule has 2 heterocycles. The molecule has 0 amide bonds. The Hall–Kier alpha value is -2.09. The number of thiazole rings is 1. The molecule has 5 nitrogen and oxygen atoms in total. The minimum atomic E-state index is -0.269. The van der Waals surface area contributed by atoms with Crippen LogP contribution in [0.2, 0.25) is 0 Å². The van der Waals surface area contributed by atoms with Crippen LogP contribution >= 0.6 is 11.3 Å². The van der Waals surface area contributed by atoms with E-state index in [2.05, 4.69) is 10.1 Å². The van der Waals surface area contributed by atoms with Crippen molar-refractivity contribution in [3.8, 4) is 21.8 Å². The summed E-state index contributed by atoms with van der Waals surface area (Å²) in [5.74, 6) is -0.269. The number of halogens is 1. The minimum Gasteiger partial charge on any atom is -0.382 e. The van der Waals surface area contributed by atoms with E-state index >= 15 is 0 Å². The van der Waals surface area contributed by atoms with E-state index in [1.165, 1.54) is 12.1 Å². The monoisotopic (exact) mass is 361 g/mol. The lowest BCUT2D eigenvalue weighted by Gasteiger charge is -2.05. The Morgan fingerprint density at radius 2 is 1.92 bits per heavy atom. The molecular formula is C18H20FN3O2S. The lowest BCUT2D eigenvalue weighted by Crippen LogP contribution is -2.09. The van der Waals surface area contributed by atoms with Crippen LogP contribution < -0.4 is 0 Å². The quantitative estimate of drug-likeness (QED) is 0.596. The van der Waals surface area contributed by atoms with Gasteiger partial charge in [0.05, 0.1) is 18.8 Å². The van der Waals surface area contributed by atoms with Gasteiger partial charge in [0.25, 0.3) is 0 Å². The standard InChI is InChI=1S/C18H20FN3O2S/c1-12-10-25-18(20-12)16-13(2)22(11-24-9-8-23-3)21-17(16)14-4-6-15(19)7-5-14/h4-7,10H,8-9,11H2,1-3H3. The van der Waals surface area contributed by atoms with Crippen LogP contribution in [0.3, 0.4) is 0 Å². The van der Waals surface area contributed by atoms with Crippen LogP contribution in [0.15, 0.2) is 29.6 Å². The number of hydrogen-bond acceptors (Lipinski definition) is 5. The molecule has 0 radical (unpaired) electrons. The lowest BCUT2D eigenvalue weighted by molar-refractivity contribution is 0.0281. The average Bonchev–Trinajstić information content (AvgIpc) is 3.16. The zero-order valence-corrected chi connectivity index (χ0v) is 15.3. The molecule has 1 aromatic carbocycles. The number of methoxy groups -OCH3 is 1. The van der Waals surface area contributed by atoms with Gasteiger partial charge in [0.1, 0.15) is 23.2 Å². The van der Waals surface area contributed by atoms with Gasteiger partial charge < -0.3 is 9.47 Å². The van der Waals surface area contributed by atoms with Crippen molar-refractivity contribution in [2.75, 3.05) is 20.3 Å². The first-order valence-corrected chi connectivity index (χ1v) is 8.80. The topological polar surface area (TPSA) is 49.2 Å². The van der Waals surface area contributed by atoms with Gasteiger partial charge in [0.2, 0.25) is 0 Å². The van der Waals surface area contributed by atoms with Gasteiger partial charge in [-0.15, -0.1) is 11.3 Å². The molecule has 3 aromatic rings. The van der Waals surface area contributed by atoms with Crippen LogP contribution in [0.4, 0.5) is 4.39 Å². The maximum atomic E-state index is 13.3. The molecule has 0 aliphatic heterocycles. The van der Waals surface area contributed by atoms with E-state index in [9.17, 15) is 4.39 Å². The highest BCUT2D eigenvalue weighted by molar-refractivity contribution is 7.13. The van der Waals surface area contributed by atoms with Crippen molar-refractivity contribution in [1.29, 1.82) is 0 Å². The van der Waals surface area contributed by atoms with Crippen LogP contribution in [0.25, 0.3) is 21.8 Å². The van der Waals surface area contributed by atoms with E-state index in [1.54, 1.807) is 35.3 Å². The molecule has 3 rings (SSSR count). The summed E-state index contributed by atoms with van der Waals surface area (Å²) in [6.07, 6.45) is 0. The number of aromatic nitrogens is 3. The van der Waals surface area contributed by atoms with Gasteiger partial charge in [-0.05, 0) is 38.1 Å². The highest BCUT2D eigenvalue weighted by Gasteiger charge is 2.20. The predicted octanol–water partition coefficient (Wildman–Crippen LogP) is 4.05. The summed E-state index contributed by atoms with van der Waals surface area (Å²) in [6, 6.07) is 6.35. The summed E-state index contributed by atoms with van der Waals surface area (Å²) in [4.78, 5) is 4.60. The first kappa shape index (κ1) is 17.7. The Morgan fingerprint density at radius 3 is 2.56 bits per heavy atom. The highest BCUT2D eigenvalue weighted by Crippen LogP contribution is 2.36. The van der Waals surface area contributed by atoms with Crippen LogP contribution in [0, 0.1) is 19.7 Å². The second-order valence-electron chi connectivity index (χ2n) is 5.64. The van der Waals surface area contributed by atoms with Gasteiger partial charge in [-0.1, -0.05) is 0 Å². The molecule has 2 aromatic heterocycles. The third-order valence-electron chi connectivity index (χ3n) is 3.80. The van der Waals surface area contributed by atoms with E-state index in [0.717, 1.165) is 33.2 Å². The molecule has 0 atom stereocenters. The van der Waals surface area contributed by atoms with Crippen molar-refractivity contribution in [3.63, 3.8) is 0 Å². The van der Waals surface area contributed by atoms with E-state index < -0.39 is 0 Å². The number of nitrogens with zero attached hydrogens (tertiary/aromatic N) is 3. The molecule has 0 aliphatic carbocycles. The molecule has 0 spiro atoms. The molecule has 0 unspecified atom stereocenters. The summed E-state index contributed by atoms with van der Waals surface area (Å²) in [7, 11) is 1.64. The zero-order valence-electron chi connectivity index (χ0n) is 14.5. The molecule has 0 N–H and O–H groups in total. The second kappa shape index (κ2) is 7.86. The van der Waals surface area contributed by atoms with Crippen molar-refractivity contribution >= 4 is 11.3 Å². The fraction of sp³-hybridized carbons (Fsp3) is 0.333. The van der Waals surface area contributed by atoms with Crippen molar-refractivity contribution in [1.82, 2.24) is 14.8 Å². The highest BCUT2D eigenvalue weighted by atomic mass is 32.1. The van der Waals surface area contributed by atoms with Crippen LogP contribution in [0.1, 0.15) is 11.4 Å². The zero-order chi connectivity index (χ0) is 17.8. The maximum Gasteiger partial charge on any atom is 0.139 e. The molecule has 0 saturated heterocycles. The third-order valence-corrected chi connectivity index (χ3v) is 4.78. The van der Waals surface area contributed by atoms with E-state index in [4.69, 9.17) is 9.47 Å². The Bertz CT molecular complexity index is 843. The third kappa shape index (κ3) is 3.95. The van der Waals surface area contributed by atoms with Crippen LogP contribution in [0.5, 0.6) is 0 Å². The number of aryl methyl sites for hydroxylation is 1. The average molecular weight is 361 g/mol. The van der Waals surface area contributed by atoms with Crippen molar-refractivity contribution in [3.05, 3.63) is 46.9 Å². The maximum absolute atomic E-state index is 13.3. The summed E-state index contributed by atoms with van der Waals surface area (Å²) < 4.78 is 25.7. The van der Waals surface area contributed by atoms with Crippen LogP contribution in [-0.2, 0) is 16.2 Å². The molecule has 132 valence electrons. The SMILES string of the molecule is COCCOCn1nc(-c2ccc(F)cc2)c(-c2nc(C)cs2)c1C. The summed E-state index contributed by atoms with van der Waals surface area (Å²) in [5.41, 5.74) is 4.52.